The third-order valence-electron chi connectivity index (χ3n) is 5.15. The molecular weight excluding hydrogens is 321 g/mol. The molecule has 1 saturated carbocycles. The van der Waals surface area contributed by atoms with Crippen LogP contribution in [0.5, 0.6) is 5.75 Å². The molecule has 1 aromatic carbocycles. The van der Waals surface area contributed by atoms with Crippen LogP contribution in [-0.4, -0.2) is 19.7 Å². The largest absolute Gasteiger partial charge is 0.507 e. The molecule has 0 saturated heterocycles. The van der Waals surface area contributed by atoms with E-state index in [9.17, 15) is 14.3 Å². The van der Waals surface area contributed by atoms with E-state index in [2.05, 4.69) is 10.1 Å². The van der Waals surface area contributed by atoms with Gasteiger partial charge in [-0.1, -0.05) is 19.3 Å². The number of hydrogen-bond acceptors (Lipinski definition) is 3. The fourth-order valence-corrected chi connectivity index (χ4v) is 3.94. The van der Waals surface area contributed by atoms with Gasteiger partial charge in [0.1, 0.15) is 11.6 Å². The molecule has 0 amide bonds. The van der Waals surface area contributed by atoms with Crippen LogP contribution in [0.3, 0.4) is 0 Å². The van der Waals surface area contributed by atoms with Crippen LogP contribution in [0, 0.1) is 12.7 Å². The van der Waals surface area contributed by atoms with Gasteiger partial charge < -0.3 is 5.11 Å². The van der Waals surface area contributed by atoms with Crippen LogP contribution in [-0.2, 0) is 0 Å². The van der Waals surface area contributed by atoms with Crippen molar-refractivity contribution in [2.75, 3.05) is 0 Å². The van der Waals surface area contributed by atoms with E-state index >= 15 is 0 Å². The number of aryl methyl sites for hydroxylation is 1. The normalized spacial score (nSPS) is 15.8. The molecule has 0 bridgehead atoms. The summed E-state index contributed by atoms with van der Waals surface area (Å²) in [5.74, 6) is -0.396. The third-order valence-corrected chi connectivity index (χ3v) is 5.15. The third kappa shape index (κ3) is 2.62. The van der Waals surface area contributed by atoms with E-state index in [1.165, 1.54) is 42.1 Å². The zero-order valence-corrected chi connectivity index (χ0v) is 14.1. The van der Waals surface area contributed by atoms with Gasteiger partial charge in [-0.05, 0) is 37.8 Å². The fourth-order valence-electron chi connectivity index (χ4n) is 3.94. The Morgan fingerprint density at radius 1 is 1.24 bits per heavy atom. The molecule has 1 aliphatic rings. The molecule has 0 unspecified atom stereocenters. The van der Waals surface area contributed by atoms with Crippen LogP contribution in [0.4, 0.5) is 4.39 Å². The zero-order valence-electron chi connectivity index (χ0n) is 14.1. The number of aromatic nitrogens is 3. The fraction of sp³-hybridized carbons (Fsp3) is 0.368. The maximum absolute atomic E-state index is 13.2. The molecule has 2 aromatic heterocycles. The van der Waals surface area contributed by atoms with Crippen LogP contribution >= 0.6 is 0 Å². The molecule has 0 aliphatic heterocycles. The Morgan fingerprint density at radius 2 is 2.00 bits per heavy atom. The van der Waals surface area contributed by atoms with Gasteiger partial charge in [0.05, 0.1) is 5.56 Å². The van der Waals surface area contributed by atoms with Crippen molar-refractivity contribution in [1.29, 1.82) is 0 Å². The van der Waals surface area contributed by atoms with E-state index in [1.54, 1.807) is 0 Å². The van der Waals surface area contributed by atoms with Gasteiger partial charge in [-0.2, -0.15) is 0 Å². The minimum absolute atomic E-state index is 0.242. The summed E-state index contributed by atoms with van der Waals surface area (Å²) in [4.78, 5) is 17.4. The molecule has 0 radical (unpaired) electrons. The summed E-state index contributed by atoms with van der Waals surface area (Å²) in [5, 5.41) is 13.1. The molecule has 2 heterocycles. The number of hydrogen-bond donors (Lipinski definition) is 2. The Bertz CT molecular complexity index is 1000. The van der Waals surface area contributed by atoms with Crippen LogP contribution in [0.25, 0.3) is 16.8 Å². The molecule has 1 aliphatic carbocycles. The summed E-state index contributed by atoms with van der Waals surface area (Å²) in [7, 11) is 0. The number of nitrogens with zero attached hydrogens (tertiary/aromatic N) is 2. The standard InChI is InChI=1S/C19H20FN3O2/c1-11-17(12-5-3-2-4-6-12)18-21-10-15(19(25)23(18)22-11)14-8-7-13(20)9-16(14)24/h7-10,12,22,24H,2-6H2,1H3. The van der Waals surface area contributed by atoms with Crippen LogP contribution in [0.15, 0.2) is 29.2 Å². The van der Waals surface area contributed by atoms with Gasteiger partial charge in [-0.25, -0.2) is 13.9 Å². The number of phenolic OH excluding ortho intramolecular Hbond substituents is 1. The Balaban J connectivity index is 1.88. The molecule has 4 rings (SSSR count). The Kier molecular flexibility index (Phi) is 3.82. The number of H-pyrrole nitrogens is 1. The second-order valence-corrected chi connectivity index (χ2v) is 6.78. The smallest absolute Gasteiger partial charge is 0.280 e. The number of nitrogens with one attached hydrogen (secondary N) is 1. The molecule has 5 nitrogen and oxygen atoms in total. The number of fused-ring (bicyclic) bond motifs is 1. The van der Waals surface area contributed by atoms with E-state index in [-0.39, 0.29) is 22.4 Å². The molecule has 2 N–H and O–H groups in total. The van der Waals surface area contributed by atoms with Crippen molar-refractivity contribution in [2.24, 2.45) is 0 Å². The van der Waals surface area contributed by atoms with Crippen LogP contribution in [0.1, 0.15) is 49.3 Å². The lowest BCUT2D eigenvalue weighted by atomic mass is 9.84. The highest BCUT2D eigenvalue weighted by Gasteiger charge is 2.24. The molecule has 3 aromatic rings. The lowest BCUT2D eigenvalue weighted by Crippen LogP contribution is -2.17. The molecule has 6 heteroatoms. The van der Waals surface area contributed by atoms with Crippen molar-refractivity contribution in [3.63, 3.8) is 0 Å². The Morgan fingerprint density at radius 3 is 2.72 bits per heavy atom. The number of phenols is 1. The van der Waals surface area contributed by atoms with Crippen molar-refractivity contribution in [2.45, 2.75) is 44.9 Å². The van der Waals surface area contributed by atoms with Gasteiger partial charge in [-0.3, -0.25) is 9.89 Å². The average molecular weight is 341 g/mol. The molecule has 25 heavy (non-hydrogen) atoms. The summed E-state index contributed by atoms with van der Waals surface area (Å²) >= 11 is 0. The monoisotopic (exact) mass is 341 g/mol. The lowest BCUT2D eigenvalue weighted by molar-refractivity contribution is 0.444. The predicted octanol–water partition coefficient (Wildman–Crippen LogP) is 3.89. The summed E-state index contributed by atoms with van der Waals surface area (Å²) in [6.45, 7) is 1.97. The first kappa shape index (κ1) is 15.9. The molecule has 0 atom stereocenters. The summed E-state index contributed by atoms with van der Waals surface area (Å²) in [6.07, 6.45) is 7.37. The Labute approximate surface area is 144 Å². The maximum Gasteiger partial charge on any atom is 0.280 e. The van der Waals surface area contributed by atoms with Crippen molar-refractivity contribution in [3.8, 4) is 16.9 Å². The van der Waals surface area contributed by atoms with Gasteiger partial charge in [-0.15, -0.1) is 0 Å². The first-order chi connectivity index (χ1) is 12.1. The Hall–Kier alpha value is -2.63. The highest BCUT2D eigenvalue weighted by Crippen LogP contribution is 2.36. The zero-order chi connectivity index (χ0) is 17.6. The number of benzene rings is 1. The lowest BCUT2D eigenvalue weighted by Gasteiger charge is -2.21. The van der Waals surface area contributed by atoms with E-state index in [4.69, 9.17) is 0 Å². The van der Waals surface area contributed by atoms with E-state index in [0.717, 1.165) is 30.2 Å². The van der Waals surface area contributed by atoms with Crippen LogP contribution in [0.2, 0.25) is 0 Å². The van der Waals surface area contributed by atoms with Crippen molar-refractivity contribution >= 4 is 5.65 Å². The minimum atomic E-state index is -0.550. The topological polar surface area (TPSA) is 70.4 Å². The first-order valence-corrected chi connectivity index (χ1v) is 8.65. The SMILES string of the molecule is Cc1[nH]n2c(=O)c(-c3ccc(F)cc3O)cnc2c1C1CCCCC1. The second-order valence-electron chi connectivity index (χ2n) is 6.78. The number of aromatic hydroxyl groups is 1. The molecule has 130 valence electrons. The van der Waals surface area contributed by atoms with Gasteiger partial charge >= 0.3 is 0 Å². The van der Waals surface area contributed by atoms with Crippen LogP contribution < -0.4 is 5.56 Å². The predicted molar refractivity (Wildman–Crippen MR) is 93.4 cm³/mol. The first-order valence-electron chi connectivity index (χ1n) is 8.65. The van der Waals surface area contributed by atoms with E-state index in [1.807, 2.05) is 6.92 Å². The van der Waals surface area contributed by atoms with Gasteiger partial charge in [0.25, 0.3) is 5.56 Å². The summed E-state index contributed by atoms with van der Waals surface area (Å²) in [6, 6.07) is 3.61. The van der Waals surface area contributed by atoms with Crippen molar-refractivity contribution in [3.05, 3.63) is 51.8 Å². The molecular formula is C19H20FN3O2. The number of halogens is 1. The molecule has 0 spiro atoms. The van der Waals surface area contributed by atoms with Gasteiger partial charge in [0.2, 0.25) is 0 Å². The van der Waals surface area contributed by atoms with E-state index in [0.29, 0.717) is 11.6 Å². The highest BCUT2D eigenvalue weighted by molar-refractivity contribution is 5.70. The minimum Gasteiger partial charge on any atom is -0.507 e. The van der Waals surface area contributed by atoms with Gasteiger partial charge in [0.15, 0.2) is 5.65 Å². The number of aromatic amines is 1. The highest BCUT2D eigenvalue weighted by atomic mass is 19.1. The maximum atomic E-state index is 13.2. The summed E-state index contributed by atoms with van der Waals surface area (Å²) in [5.41, 5.74) is 2.95. The van der Waals surface area contributed by atoms with Crippen molar-refractivity contribution in [1.82, 2.24) is 14.6 Å². The van der Waals surface area contributed by atoms with Crippen molar-refractivity contribution < 1.29 is 9.50 Å². The van der Waals surface area contributed by atoms with E-state index < -0.39 is 5.82 Å². The van der Waals surface area contributed by atoms with Gasteiger partial charge in [0, 0.05) is 29.1 Å². The second kappa shape index (κ2) is 6.02. The molecule has 1 fully saturated rings. The number of rotatable bonds is 2. The quantitative estimate of drug-likeness (QED) is 0.743. The average Bonchev–Trinajstić information content (AvgIpc) is 2.94. The summed E-state index contributed by atoms with van der Waals surface area (Å²) < 4.78 is 14.7.